The molecule has 0 atom stereocenters. The third-order valence-electron chi connectivity index (χ3n) is 2.99. The molecule has 0 aromatic carbocycles. The van der Waals surface area contributed by atoms with Crippen molar-refractivity contribution in [2.45, 2.75) is 38.9 Å². The quantitative estimate of drug-likeness (QED) is 0.817. The van der Waals surface area contributed by atoms with E-state index in [0.717, 1.165) is 12.8 Å². The lowest BCUT2D eigenvalue weighted by atomic mass is 10.3. The normalized spacial score (nSPS) is 15.3. The zero-order valence-corrected chi connectivity index (χ0v) is 11.5. The molecule has 1 N–H and O–H groups in total. The number of nitrogens with zero attached hydrogens (tertiary/aromatic N) is 2. The predicted molar refractivity (Wildman–Crippen MR) is 65.2 cm³/mol. The molecular weight excluding hydrogens is 277 g/mol. The number of aliphatic carboxylic acids is 1. The largest absolute Gasteiger partial charge is 0.480 e. The van der Waals surface area contributed by atoms with Crippen LogP contribution in [-0.4, -0.2) is 58.8 Å². The number of halogens is 3. The summed E-state index contributed by atoms with van der Waals surface area (Å²) in [6.45, 7) is 1.28. The summed E-state index contributed by atoms with van der Waals surface area (Å²) in [4.78, 5) is 24.4. The number of hydrogen-bond donors (Lipinski definition) is 1. The van der Waals surface area contributed by atoms with E-state index in [-0.39, 0.29) is 6.04 Å². The molecule has 1 aliphatic carbocycles. The van der Waals surface area contributed by atoms with Gasteiger partial charge in [-0.05, 0) is 32.6 Å². The Bertz CT molecular complexity index is 367. The van der Waals surface area contributed by atoms with Gasteiger partial charge in [0.25, 0.3) is 0 Å². The standard InChI is InChI=1S/C12H19F3N2O3/c1-8(2)17(5-9-3-4-9)11(20)16(6-10(18)19)7-12(13,14)15/h8-9H,3-7H2,1-2H3,(H,18,19). The molecule has 5 nitrogen and oxygen atoms in total. The number of carbonyl (C=O) groups excluding carboxylic acids is 1. The van der Waals surface area contributed by atoms with Gasteiger partial charge in [-0.3, -0.25) is 4.79 Å². The van der Waals surface area contributed by atoms with Gasteiger partial charge in [0, 0.05) is 12.6 Å². The number of carboxylic acid groups (broad SMARTS) is 1. The van der Waals surface area contributed by atoms with Gasteiger partial charge in [0.1, 0.15) is 13.1 Å². The van der Waals surface area contributed by atoms with Crippen LogP contribution < -0.4 is 0 Å². The van der Waals surface area contributed by atoms with Crippen molar-refractivity contribution in [3.8, 4) is 0 Å². The second kappa shape index (κ2) is 6.32. The van der Waals surface area contributed by atoms with Gasteiger partial charge in [-0.15, -0.1) is 0 Å². The molecule has 0 heterocycles. The van der Waals surface area contributed by atoms with Crippen molar-refractivity contribution >= 4 is 12.0 Å². The molecule has 8 heteroatoms. The SMILES string of the molecule is CC(C)N(CC1CC1)C(=O)N(CC(=O)O)CC(F)(F)F. The summed E-state index contributed by atoms with van der Waals surface area (Å²) in [5, 5.41) is 8.66. The first kappa shape index (κ1) is 16.6. The van der Waals surface area contributed by atoms with Gasteiger partial charge in [0.15, 0.2) is 0 Å². The molecule has 1 fully saturated rings. The van der Waals surface area contributed by atoms with Crippen molar-refractivity contribution in [3.63, 3.8) is 0 Å². The highest BCUT2D eigenvalue weighted by Crippen LogP contribution is 2.31. The average Bonchev–Trinajstić information content (AvgIpc) is 3.04. The van der Waals surface area contributed by atoms with Crippen LogP contribution in [0.15, 0.2) is 0 Å². The summed E-state index contributed by atoms with van der Waals surface area (Å²) >= 11 is 0. The van der Waals surface area contributed by atoms with Crippen LogP contribution in [0.2, 0.25) is 0 Å². The number of amides is 2. The Balaban J connectivity index is 2.79. The van der Waals surface area contributed by atoms with Crippen LogP contribution in [0.3, 0.4) is 0 Å². The highest BCUT2D eigenvalue weighted by molar-refractivity contribution is 5.80. The van der Waals surface area contributed by atoms with Crippen LogP contribution in [0.1, 0.15) is 26.7 Å². The molecule has 116 valence electrons. The van der Waals surface area contributed by atoms with E-state index in [1.165, 1.54) is 4.90 Å². The molecule has 0 aliphatic heterocycles. The maximum absolute atomic E-state index is 12.5. The Kier molecular flexibility index (Phi) is 5.24. The van der Waals surface area contributed by atoms with E-state index in [1.807, 2.05) is 0 Å². The monoisotopic (exact) mass is 296 g/mol. The molecule has 0 aromatic rings. The Morgan fingerprint density at radius 1 is 1.30 bits per heavy atom. The van der Waals surface area contributed by atoms with Gasteiger partial charge in [-0.1, -0.05) is 0 Å². The first-order chi connectivity index (χ1) is 9.10. The average molecular weight is 296 g/mol. The van der Waals surface area contributed by atoms with E-state index in [9.17, 15) is 22.8 Å². The van der Waals surface area contributed by atoms with E-state index < -0.39 is 31.3 Å². The highest BCUT2D eigenvalue weighted by Gasteiger charge is 2.37. The Labute approximate surface area is 115 Å². The van der Waals surface area contributed by atoms with Crippen LogP contribution in [0, 0.1) is 5.92 Å². The molecule has 0 radical (unpaired) electrons. The molecule has 20 heavy (non-hydrogen) atoms. The van der Waals surface area contributed by atoms with Gasteiger partial charge in [-0.2, -0.15) is 13.2 Å². The van der Waals surface area contributed by atoms with Crippen molar-refractivity contribution in [2.75, 3.05) is 19.6 Å². The van der Waals surface area contributed by atoms with E-state index in [0.29, 0.717) is 17.4 Å². The molecular formula is C12H19F3N2O3. The smallest absolute Gasteiger partial charge is 0.406 e. The lowest BCUT2D eigenvalue weighted by Gasteiger charge is -2.33. The van der Waals surface area contributed by atoms with Crippen LogP contribution in [0.5, 0.6) is 0 Å². The molecule has 0 spiro atoms. The fraction of sp³-hybridized carbons (Fsp3) is 0.833. The minimum atomic E-state index is -4.62. The zero-order chi connectivity index (χ0) is 15.5. The topological polar surface area (TPSA) is 60.9 Å². The minimum absolute atomic E-state index is 0.271. The lowest BCUT2D eigenvalue weighted by molar-refractivity contribution is -0.150. The Hall–Kier alpha value is -1.47. The summed E-state index contributed by atoms with van der Waals surface area (Å²) in [5.74, 6) is -1.14. The summed E-state index contributed by atoms with van der Waals surface area (Å²) in [6.07, 6.45) is -2.71. The maximum Gasteiger partial charge on any atom is 0.406 e. The van der Waals surface area contributed by atoms with Crippen molar-refractivity contribution in [2.24, 2.45) is 5.92 Å². The van der Waals surface area contributed by atoms with Gasteiger partial charge in [0.05, 0.1) is 0 Å². The fourth-order valence-electron chi connectivity index (χ4n) is 1.84. The molecule has 0 aromatic heterocycles. The highest BCUT2D eigenvalue weighted by atomic mass is 19.4. The van der Waals surface area contributed by atoms with Gasteiger partial charge < -0.3 is 14.9 Å². The van der Waals surface area contributed by atoms with E-state index in [1.54, 1.807) is 13.8 Å². The molecule has 1 aliphatic rings. The van der Waals surface area contributed by atoms with Crippen molar-refractivity contribution in [1.29, 1.82) is 0 Å². The molecule has 1 rings (SSSR count). The van der Waals surface area contributed by atoms with Crippen molar-refractivity contribution < 1.29 is 27.9 Å². The lowest BCUT2D eigenvalue weighted by Crippen LogP contribution is -2.51. The van der Waals surface area contributed by atoms with Crippen LogP contribution in [0.4, 0.5) is 18.0 Å². The number of carbonyl (C=O) groups is 2. The maximum atomic E-state index is 12.5. The second-order valence-electron chi connectivity index (χ2n) is 5.34. The summed E-state index contributed by atoms with van der Waals surface area (Å²) in [7, 11) is 0. The fourth-order valence-corrected chi connectivity index (χ4v) is 1.84. The third kappa shape index (κ3) is 5.66. The molecule has 2 amide bonds. The van der Waals surface area contributed by atoms with E-state index in [2.05, 4.69) is 0 Å². The predicted octanol–water partition coefficient (Wildman–Crippen LogP) is 2.18. The van der Waals surface area contributed by atoms with Gasteiger partial charge >= 0.3 is 18.2 Å². The number of hydrogen-bond acceptors (Lipinski definition) is 2. The minimum Gasteiger partial charge on any atom is -0.480 e. The van der Waals surface area contributed by atoms with E-state index >= 15 is 0 Å². The Morgan fingerprint density at radius 3 is 2.20 bits per heavy atom. The Morgan fingerprint density at radius 2 is 1.85 bits per heavy atom. The van der Waals surface area contributed by atoms with Gasteiger partial charge in [-0.25, -0.2) is 4.79 Å². The summed E-state index contributed by atoms with van der Waals surface area (Å²) in [5.41, 5.74) is 0. The van der Waals surface area contributed by atoms with E-state index in [4.69, 9.17) is 5.11 Å². The number of urea groups is 1. The van der Waals surface area contributed by atoms with Crippen LogP contribution in [0.25, 0.3) is 0 Å². The summed E-state index contributed by atoms with van der Waals surface area (Å²) in [6, 6.07) is -1.14. The molecule has 0 bridgehead atoms. The number of rotatable bonds is 6. The zero-order valence-electron chi connectivity index (χ0n) is 11.5. The summed E-state index contributed by atoms with van der Waals surface area (Å²) < 4.78 is 37.4. The molecule has 0 unspecified atom stereocenters. The van der Waals surface area contributed by atoms with Crippen LogP contribution >= 0.6 is 0 Å². The van der Waals surface area contributed by atoms with Crippen molar-refractivity contribution in [3.05, 3.63) is 0 Å². The second-order valence-corrected chi connectivity index (χ2v) is 5.34. The first-order valence-electron chi connectivity index (χ1n) is 6.44. The first-order valence-corrected chi connectivity index (χ1v) is 6.44. The third-order valence-corrected chi connectivity index (χ3v) is 2.99. The number of carboxylic acids is 1. The number of alkyl halides is 3. The van der Waals surface area contributed by atoms with Gasteiger partial charge in [0.2, 0.25) is 0 Å². The molecule has 1 saturated carbocycles. The molecule has 0 saturated heterocycles. The van der Waals surface area contributed by atoms with Crippen molar-refractivity contribution in [1.82, 2.24) is 9.80 Å². The van der Waals surface area contributed by atoms with Crippen LogP contribution in [-0.2, 0) is 4.79 Å².